The van der Waals surface area contributed by atoms with E-state index in [2.05, 4.69) is 31.5 Å². The monoisotopic (exact) mass is 268 g/mol. The summed E-state index contributed by atoms with van der Waals surface area (Å²) in [6.45, 7) is 8.51. The summed E-state index contributed by atoms with van der Waals surface area (Å²) >= 11 is 1.76. The van der Waals surface area contributed by atoms with Crippen molar-refractivity contribution in [3.05, 3.63) is 16.1 Å². The highest BCUT2D eigenvalue weighted by molar-refractivity contribution is 7.09. The van der Waals surface area contributed by atoms with E-state index in [1.54, 1.807) is 11.3 Å². The molecule has 18 heavy (non-hydrogen) atoms. The number of hydrogen-bond acceptors (Lipinski definition) is 4. The van der Waals surface area contributed by atoms with E-state index in [9.17, 15) is 0 Å². The normalized spacial score (nSPS) is 25.3. The fraction of sp³-hybridized carbons (Fsp3) is 0.786. The van der Waals surface area contributed by atoms with E-state index in [0.29, 0.717) is 5.92 Å². The van der Waals surface area contributed by atoms with Gasteiger partial charge in [0, 0.05) is 29.9 Å². The standard InChI is InChI=1S/C14H24N2OS/c1-14(2,3)13-16-11(9-18-13)12-10(8-15-4)6-5-7-17-12/h9-10,12,15H,5-8H2,1-4H3. The topological polar surface area (TPSA) is 34.1 Å². The summed E-state index contributed by atoms with van der Waals surface area (Å²) in [6, 6.07) is 0. The molecule has 2 rings (SSSR count). The molecule has 3 nitrogen and oxygen atoms in total. The van der Waals surface area contributed by atoms with Gasteiger partial charge in [-0.15, -0.1) is 11.3 Å². The van der Waals surface area contributed by atoms with E-state index < -0.39 is 0 Å². The first-order valence-corrected chi connectivity index (χ1v) is 7.62. The number of nitrogens with one attached hydrogen (secondary N) is 1. The molecule has 102 valence electrons. The third-order valence-corrected chi connectivity index (χ3v) is 4.65. The van der Waals surface area contributed by atoms with Gasteiger partial charge in [-0.25, -0.2) is 4.98 Å². The maximum atomic E-state index is 5.96. The number of rotatable bonds is 3. The molecule has 1 aromatic heterocycles. The van der Waals surface area contributed by atoms with E-state index in [1.807, 2.05) is 7.05 Å². The average molecular weight is 268 g/mol. The lowest BCUT2D eigenvalue weighted by molar-refractivity contribution is -0.0295. The lowest BCUT2D eigenvalue weighted by Gasteiger charge is -2.30. The van der Waals surface area contributed by atoms with Crippen molar-refractivity contribution < 1.29 is 4.74 Å². The molecule has 0 amide bonds. The second kappa shape index (κ2) is 5.68. The molecule has 1 fully saturated rings. The smallest absolute Gasteiger partial charge is 0.104 e. The highest BCUT2D eigenvalue weighted by Gasteiger charge is 2.30. The van der Waals surface area contributed by atoms with Crippen LogP contribution in [0.15, 0.2) is 5.38 Å². The first-order chi connectivity index (χ1) is 8.52. The van der Waals surface area contributed by atoms with Crippen LogP contribution in [0.4, 0.5) is 0 Å². The van der Waals surface area contributed by atoms with Gasteiger partial charge in [-0.05, 0) is 19.9 Å². The van der Waals surface area contributed by atoms with Crippen molar-refractivity contribution in [3.8, 4) is 0 Å². The number of hydrogen-bond donors (Lipinski definition) is 1. The van der Waals surface area contributed by atoms with Crippen LogP contribution in [0.5, 0.6) is 0 Å². The molecule has 0 bridgehead atoms. The zero-order valence-corrected chi connectivity index (χ0v) is 12.6. The van der Waals surface area contributed by atoms with Crippen LogP contribution in [0.2, 0.25) is 0 Å². The van der Waals surface area contributed by atoms with E-state index in [4.69, 9.17) is 9.72 Å². The van der Waals surface area contributed by atoms with Crippen LogP contribution in [0, 0.1) is 5.92 Å². The second-order valence-electron chi connectivity index (χ2n) is 6.08. The molecule has 0 radical (unpaired) electrons. The maximum Gasteiger partial charge on any atom is 0.104 e. The van der Waals surface area contributed by atoms with Gasteiger partial charge in [0.05, 0.1) is 10.7 Å². The first-order valence-electron chi connectivity index (χ1n) is 6.74. The van der Waals surface area contributed by atoms with Crippen molar-refractivity contribution in [3.63, 3.8) is 0 Å². The molecular formula is C14H24N2OS. The minimum atomic E-state index is 0.135. The lowest BCUT2D eigenvalue weighted by atomic mass is 9.92. The highest BCUT2D eigenvalue weighted by Crippen LogP contribution is 2.35. The molecule has 2 heterocycles. The van der Waals surface area contributed by atoms with Crippen molar-refractivity contribution in [2.45, 2.75) is 45.1 Å². The van der Waals surface area contributed by atoms with Crippen LogP contribution in [-0.4, -0.2) is 25.2 Å². The summed E-state index contributed by atoms with van der Waals surface area (Å²) < 4.78 is 5.96. The van der Waals surface area contributed by atoms with E-state index in [-0.39, 0.29) is 11.5 Å². The van der Waals surface area contributed by atoms with Crippen LogP contribution in [0.3, 0.4) is 0 Å². The Morgan fingerprint density at radius 2 is 2.28 bits per heavy atom. The molecule has 1 aromatic rings. The van der Waals surface area contributed by atoms with Gasteiger partial charge in [-0.1, -0.05) is 20.8 Å². The van der Waals surface area contributed by atoms with Crippen LogP contribution >= 0.6 is 11.3 Å². The second-order valence-corrected chi connectivity index (χ2v) is 6.94. The molecule has 1 N–H and O–H groups in total. The fourth-order valence-electron chi connectivity index (χ4n) is 2.40. The maximum absolute atomic E-state index is 5.96. The molecule has 0 aromatic carbocycles. The molecule has 0 aliphatic carbocycles. The molecular weight excluding hydrogens is 244 g/mol. The Labute approximate surface area is 114 Å². The third kappa shape index (κ3) is 3.11. The van der Waals surface area contributed by atoms with Crippen molar-refractivity contribution in [2.24, 2.45) is 5.92 Å². The first kappa shape index (κ1) is 14.0. The summed E-state index contributed by atoms with van der Waals surface area (Å²) in [5.74, 6) is 0.554. The number of thiazole rings is 1. The lowest BCUT2D eigenvalue weighted by Crippen LogP contribution is -2.30. The molecule has 0 saturated carbocycles. The summed E-state index contributed by atoms with van der Waals surface area (Å²) in [5.41, 5.74) is 1.26. The van der Waals surface area contributed by atoms with E-state index >= 15 is 0 Å². The molecule has 0 spiro atoms. The zero-order valence-electron chi connectivity index (χ0n) is 11.8. The number of nitrogens with zero attached hydrogens (tertiary/aromatic N) is 1. The Balaban J connectivity index is 2.15. The molecule has 4 heteroatoms. The van der Waals surface area contributed by atoms with Crippen LogP contribution < -0.4 is 5.32 Å². The van der Waals surface area contributed by atoms with Crippen molar-refractivity contribution in [2.75, 3.05) is 20.2 Å². The minimum absolute atomic E-state index is 0.135. The molecule has 1 aliphatic heterocycles. The van der Waals surface area contributed by atoms with Gasteiger partial charge in [0.1, 0.15) is 6.10 Å². The fourth-order valence-corrected chi connectivity index (χ4v) is 3.33. The van der Waals surface area contributed by atoms with Gasteiger partial charge in [0.2, 0.25) is 0 Å². The van der Waals surface area contributed by atoms with Crippen molar-refractivity contribution in [1.29, 1.82) is 0 Å². The summed E-state index contributed by atoms with van der Waals surface area (Å²) in [7, 11) is 2.01. The Morgan fingerprint density at radius 1 is 1.50 bits per heavy atom. The molecule has 1 aliphatic rings. The molecule has 1 saturated heterocycles. The van der Waals surface area contributed by atoms with Crippen LogP contribution in [0.1, 0.15) is 50.4 Å². The van der Waals surface area contributed by atoms with E-state index in [1.165, 1.54) is 17.8 Å². The summed E-state index contributed by atoms with van der Waals surface area (Å²) in [4.78, 5) is 4.80. The highest BCUT2D eigenvalue weighted by atomic mass is 32.1. The Morgan fingerprint density at radius 3 is 2.89 bits per heavy atom. The number of aromatic nitrogens is 1. The van der Waals surface area contributed by atoms with Gasteiger partial charge in [-0.3, -0.25) is 0 Å². The number of ether oxygens (including phenoxy) is 1. The minimum Gasteiger partial charge on any atom is -0.372 e. The van der Waals surface area contributed by atoms with Gasteiger partial charge < -0.3 is 10.1 Å². The third-order valence-electron chi connectivity index (χ3n) is 3.37. The van der Waals surface area contributed by atoms with Crippen molar-refractivity contribution >= 4 is 11.3 Å². The van der Waals surface area contributed by atoms with Crippen molar-refractivity contribution in [1.82, 2.24) is 10.3 Å². The van der Waals surface area contributed by atoms with Gasteiger partial charge in [0.25, 0.3) is 0 Å². The summed E-state index contributed by atoms with van der Waals surface area (Å²) in [5, 5.41) is 6.65. The largest absolute Gasteiger partial charge is 0.372 e. The van der Waals surface area contributed by atoms with E-state index in [0.717, 1.165) is 18.8 Å². The quantitative estimate of drug-likeness (QED) is 0.914. The van der Waals surface area contributed by atoms with Crippen LogP contribution in [0.25, 0.3) is 0 Å². The predicted octanol–water partition coefficient (Wildman–Crippen LogP) is 3.13. The Hall–Kier alpha value is -0.450. The molecule has 2 unspecified atom stereocenters. The summed E-state index contributed by atoms with van der Waals surface area (Å²) in [6.07, 6.45) is 2.58. The van der Waals surface area contributed by atoms with Gasteiger partial charge in [0.15, 0.2) is 0 Å². The Bertz CT molecular complexity index is 381. The SMILES string of the molecule is CNCC1CCCOC1c1csc(C(C)(C)C)n1. The Kier molecular flexibility index (Phi) is 4.41. The van der Waals surface area contributed by atoms with Gasteiger partial charge >= 0.3 is 0 Å². The average Bonchev–Trinajstić information content (AvgIpc) is 2.79. The van der Waals surface area contributed by atoms with Crippen LogP contribution in [-0.2, 0) is 10.2 Å². The molecule has 2 atom stereocenters. The van der Waals surface area contributed by atoms with Gasteiger partial charge in [-0.2, -0.15) is 0 Å². The predicted molar refractivity (Wildman–Crippen MR) is 76.2 cm³/mol. The zero-order chi connectivity index (χ0) is 13.2.